The van der Waals surface area contributed by atoms with Crippen LogP contribution in [-0.2, 0) is 4.79 Å². The maximum atomic E-state index is 9.00. The van der Waals surface area contributed by atoms with Gasteiger partial charge in [-0.15, -0.1) is 0 Å². The molecule has 0 atom stereocenters. The highest BCUT2D eigenvalue weighted by molar-refractivity contribution is 6.07. The topological polar surface area (TPSA) is 98.1 Å². The molecule has 0 unspecified atom stereocenters. The zero-order valence-corrected chi connectivity index (χ0v) is 17.6. The number of para-hydroxylation sites is 1. The number of hydrogen-bond acceptors (Lipinski definition) is 4. The van der Waals surface area contributed by atoms with Crippen molar-refractivity contribution in [2.24, 2.45) is 9.98 Å². The minimum Gasteiger partial charge on any atom is -0.481 e. The van der Waals surface area contributed by atoms with E-state index in [4.69, 9.17) is 9.90 Å². The van der Waals surface area contributed by atoms with Crippen molar-refractivity contribution in [1.29, 1.82) is 0 Å². The number of guanidine groups is 2. The first-order chi connectivity index (χ1) is 13.3. The molecule has 0 spiro atoms. The normalized spacial score (nSPS) is 16.1. The molecule has 2 rings (SSSR count). The van der Waals surface area contributed by atoms with Gasteiger partial charge in [-0.25, -0.2) is 4.99 Å². The molecule has 28 heavy (non-hydrogen) atoms. The largest absolute Gasteiger partial charge is 0.481 e. The summed E-state index contributed by atoms with van der Waals surface area (Å²) >= 11 is 0. The summed E-state index contributed by atoms with van der Waals surface area (Å²) in [4.78, 5) is 18.3. The Morgan fingerprint density at radius 2 is 1.75 bits per heavy atom. The Labute approximate surface area is 168 Å². The van der Waals surface area contributed by atoms with Gasteiger partial charge in [0.15, 0.2) is 5.96 Å². The van der Waals surface area contributed by atoms with Gasteiger partial charge in [0.25, 0.3) is 5.97 Å². The first kappa shape index (κ1) is 23.5. The fourth-order valence-corrected chi connectivity index (χ4v) is 2.65. The predicted molar refractivity (Wildman–Crippen MR) is 117 cm³/mol. The number of nitrogens with one attached hydrogen (secondary N) is 3. The minimum absolute atomic E-state index is 0.373. The molecule has 1 heterocycles. The van der Waals surface area contributed by atoms with Gasteiger partial charge in [0.2, 0.25) is 5.96 Å². The average Bonchev–Trinajstić information content (AvgIpc) is 2.60. The smallest absolute Gasteiger partial charge is 0.300 e. The summed E-state index contributed by atoms with van der Waals surface area (Å²) in [5.41, 5.74) is 0.638. The number of unbranched alkanes of at least 4 members (excludes halogenated alkanes) is 5. The van der Waals surface area contributed by atoms with Crippen LogP contribution in [0.15, 0.2) is 40.3 Å². The third kappa shape index (κ3) is 11.2. The van der Waals surface area contributed by atoms with E-state index < -0.39 is 5.97 Å². The quantitative estimate of drug-likeness (QED) is 0.500. The molecule has 0 saturated heterocycles. The van der Waals surface area contributed by atoms with E-state index in [1.54, 1.807) is 0 Å². The van der Waals surface area contributed by atoms with Crippen LogP contribution in [-0.4, -0.2) is 35.2 Å². The lowest BCUT2D eigenvalue weighted by molar-refractivity contribution is -0.134. The van der Waals surface area contributed by atoms with Crippen molar-refractivity contribution in [2.45, 2.75) is 71.9 Å². The van der Waals surface area contributed by atoms with Gasteiger partial charge in [0, 0.05) is 19.2 Å². The molecule has 1 aromatic carbocycles. The fraction of sp³-hybridized carbons (Fsp3) is 0.571. The zero-order chi connectivity index (χ0) is 20.8. The number of rotatable bonds is 8. The van der Waals surface area contributed by atoms with Crippen molar-refractivity contribution < 1.29 is 9.90 Å². The van der Waals surface area contributed by atoms with Gasteiger partial charge in [0.05, 0.1) is 0 Å². The van der Waals surface area contributed by atoms with E-state index in [9.17, 15) is 0 Å². The molecule has 0 radical (unpaired) electrons. The minimum atomic E-state index is -0.833. The second-order valence-corrected chi connectivity index (χ2v) is 7.28. The number of carboxylic acids is 1. The maximum absolute atomic E-state index is 9.00. The van der Waals surface area contributed by atoms with Gasteiger partial charge in [-0.05, 0) is 32.4 Å². The van der Waals surface area contributed by atoms with Gasteiger partial charge < -0.3 is 15.7 Å². The number of nitrogens with zero attached hydrogens (tertiary/aromatic N) is 2. The maximum Gasteiger partial charge on any atom is 0.300 e. The second kappa shape index (κ2) is 12.8. The third-order valence-electron chi connectivity index (χ3n) is 3.87. The molecule has 1 aromatic rings. The molecular formula is C21H35N5O2. The van der Waals surface area contributed by atoms with Crippen molar-refractivity contribution in [3.63, 3.8) is 0 Å². The summed E-state index contributed by atoms with van der Waals surface area (Å²) < 4.78 is 0. The lowest BCUT2D eigenvalue weighted by atomic mass is 10.1. The lowest BCUT2D eigenvalue weighted by Gasteiger charge is -2.31. The molecular weight excluding hydrogens is 354 g/mol. The standard InChI is InChI=1S/C19H31N5.C2H4O2/c1-4-5-6-7-8-12-15-20-17-22-18(24-19(2,3)23-17)21-16-13-10-9-11-14-16;1-2(3)4/h9-11,13-14H,4-8,12,15H2,1-3H3,(H3,20,21,22,23,24);1H3,(H,3,4). The van der Waals surface area contributed by atoms with Crippen LogP contribution in [0.25, 0.3) is 0 Å². The molecule has 156 valence electrons. The Bertz CT molecular complexity index is 637. The molecule has 0 saturated carbocycles. The van der Waals surface area contributed by atoms with Crippen LogP contribution in [0.1, 0.15) is 66.2 Å². The Balaban J connectivity index is 0.000000892. The van der Waals surface area contributed by atoms with Crippen molar-refractivity contribution >= 4 is 23.6 Å². The van der Waals surface area contributed by atoms with E-state index in [1.807, 2.05) is 44.2 Å². The van der Waals surface area contributed by atoms with Crippen LogP contribution in [0.5, 0.6) is 0 Å². The number of hydrogen-bond donors (Lipinski definition) is 4. The monoisotopic (exact) mass is 389 g/mol. The zero-order valence-electron chi connectivity index (χ0n) is 17.6. The average molecular weight is 390 g/mol. The second-order valence-electron chi connectivity index (χ2n) is 7.28. The number of aliphatic imine (C=N–C) groups is 2. The van der Waals surface area contributed by atoms with Crippen LogP contribution in [0, 0.1) is 0 Å². The number of carbonyl (C=O) groups is 1. The van der Waals surface area contributed by atoms with Crippen LogP contribution in [0.2, 0.25) is 0 Å². The van der Waals surface area contributed by atoms with Crippen molar-refractivity contribution in [3.8, 4) is 0 Å². The Hall–Kier alpha value is -2.57. The highest BCUT2D eigenvalue weighted by atomic mass is 16.4. The Morgan fingerprint density at radius 3 is 2.39 bits per heavy atom. The molecule has 7 nitrogen and oxygen atoms in total. The number of benzene rings is 1. The van der Waals surface area contributed by atoms with E-state index >= 15 is 0 Å². The molecule has 0 bridgehead atoms. The number of anilines is 1. The number of aliphatic carboxylic acids is 1. The van der Waals surface area contributed by atoms with Crippen LogP contribution in [0.4, 0.5) is 5.69 Å². The summed E-state index contributed by atoms with van der Waals surface area (Å²) in [6, 6.07) is 10.0. The van der Waals surface area contributed by atoms with E-state index in [2.05, 4.69) is 32.9 Å². The highest BCUT2D eigenvalue weighted by Crippen LogP contribution is 2.11. The molecule has 0 amide bonds. The van der Waals surface area contributed by atoms with Gasteiger partial charge in [-0.3, -0.25) is 15.1 Å². The lowest BCUT2D eigenvalue weighted by Crippen LogP contribution is -2.57. The summed E-state index contributed by atoms with van der Waals surface area (Å²) in [5, 5.41) is 17.3. The molecule has 4 N–H and O–H groups in total. The molecule has 7 heteroatoms. The van der Waals surface area contributed by atoms with E-state index in [-0.39, 0.29) is 5.66 Å². The fourth-order valence-electron chi connectivity index (χ4n) is 2.65. The van der Waals surface area contributed by atoms with Crippen molar-refractivity contribution in [3.05, 3.63) is 30.3 Å². The molecule has 0 aliphatic carbocycles. The molecule has 1 aliphatic rings. The molecule has 0 fully saturated rings. The molecule has 0 aromatic heterocycles. The van der Waals surface area contributed by atoms with Gasteiger partial charge in [-0.1, -0.05) is 57.2 Å². The van der Waals surface area contributed by atoms with E-state index in [1.165, 1.54) is 32.1 Å². The van der Waals surface area contributed by atoms with Gasteiger partial charge in [-0.2, -0.15) is 0 Å². The van der Waals surface area contributed by atoms with E-state index in [0.717, 1.165) is 37.5 Å². The SMILES string of the molecule is CC(=O)O.CCCCCCCCN=C1NC(Nc2ccccc2)=NC(C)(C)N1. The summed E-state index contributed by atoms with van der Waals surface area (Å²) in [7, 11) is 0. The first-order valence-electron chi connectivity index (χ1n) is 10.0. The van der Waals surface area contributed by atoms with Crippen molar-refractivity contribution in [2.75, 3.05) is 11.9 Å². The first-order valence-corrected chi connectivity index (χ1v) is 10.0. The summed E-state index contributed by atoms with van der Waals surface area (Å²) in [5.74, 6) is 0.689. The molecule has 1 aliphatic heterocycles. The highest BCUT2D eigenvalue weighted by Gasteiger charge is 2.24. The van der Waals surface area contributed by atoms with Gasteiger partial charge in [0.1, 0.15) is 5.66 Å². The Morgan fingerprint density at radius 1 is 1.14 bits per heavy atom. The predicted octanol–water partition coefficient (Wildman–Crippen LogP) is 4.19. The van der Waals surface area contributed by atoms with Crippen molar-refractivity contribution in [1.82, 2.24) is 10.6 Å². The Kier molecular flexibility index (Phi) is 10.7. The number of carboxylic acid groups (broad SMARTS) is 1. The van der Waals surface area contributed by atoms with Gasteiger partial charge >= 0.3 is 0 Å². The van der Waals surface area contributed by atoms with E-state index in [0.29, 0.717) is 0 Å². The van der Waals surface area contributed by atoms with Crippen LogP contribution in [0.3, 0.4) is 0 Å². The van der Waals surface area contributed by atoms with Crippen LogP contribution < -0.4 is 16.0 Å². The third-order valence-corrected chi connectivity index (χ3v) is 3.87. The summed E-state index contributed by atoms with van der Waals surface area (Å²) in [6.45, 7) is 8.26. The van der Waals surface area contributed by atoms with Crippen LogP contribution >= 0.6 is 0 Å². The summed E-state index contributed by atoms with van der Waals surface area (Å²) in [6.07, 6.45) is 7.68.